The molecule has 3 atom stereocenters. The third kappa shape index (κ3) is 3.53. The van der Waals surface area contributed by atoms with Gasteiger partial charge in [0.05, 0.1) is 18.8 Å². The summed E-state index contributed by atoms with van der Waals surface area (Å²) in [5, 5.41) is 0. The zero-order chi connectivity index (χ0) is 16.2. The maximum absolute atomic E-state index is 11.3. The Hall–Kier alpha value is -0.490. The van der Waals surface area contributed by atoms with Crippen molar-refractivity contribution in [1.82, 2.24) is 0 Å². The predicted molar refractivity (Wildman–Crippen MR) is 82.5 cm³/mol. The molecule has 2 aliphatic heterocycles. The van der Waals surface area contributed by atoms with Crippen LogP contribution in [0.1, 0.15) is 66.2 Å². The Balaban J connectivity index is 1.88. The van der Waals surface area contributed by atoms with Crippen LogP contribution >= 0.6 is 0 Å². The van der Waals surface area contributed by atoms with Crippen molar-refractivity contribution in [3.63, 3.8) is 0 Å². The van der Waals surface area contributed by atoms with E-state index >= 15 is 0 Å². The molecule has 0 amide bonds. The number of carbonyl (C=O) groups is 1. The second-order valence-corrected chi connectivity index (χ2v) is 6.24. The van der Waals surface area contributed by atoms with Crippen LogP contribution in [-0.4, -0.2) is 42.8 Å². The lowest BCUT2D eigenvalue weighted by Gasteiger charge is -2.26. The topological polar surface area (TPSA) is 54.0 Å². The van der Waals surface area contributed by atoms with Crippen LogP contribution in [0.15, 0.2) is 0 Å². The van der Waals surface area contributed by atoms with E-state index in [1.165, 1.54) is 0 Å². The van der Waals surface area contributed by atoms with Gasteiger partial charge in [-0.1, -0.05) is 27.7 Å². The summed E-state index contributed by atoms with van der Waals surface area (Å²) in [6, 6.07) is 0. The van der Waals surface area contributed by atoms with E-state index in [2.05, 4.69) is 13.8 Å². The van der Waals surface area contributed by atoms with Crippen LogP contribution in [0, 0.1) is 0 Å². The number of rotatable bonds is 8. The summed E-state index contributed by atoms with van der Waals surface area (Å²) < 4.78 is 23.8. The van der Waals surface area contributed by atoms with Crippen LogP contribution in [-0.2, 0) is 23.7 Å². The van der Waals surface area contributed by atoms with Gasteiger partial charge in [-0.3, -0.25) is 0 Å². The first kappa shape index (κ1) is 17.9. The molecule has 5 nitrogen and oxygen atoms in total. The molecule has 22 heavy (non-hydrogen) atoms. The molecule has 0 aromatic rings. The Morgan fingerprint density at radius 3 is 2.05 bits per heavy atom. The summed E-state index contributed by atoms with van der Waals surface area (Å²) in [6.07, 6.45) is 5.09. The van der Waals surface area contributed by atoms with Crippen molar-refractivity contribution in [2.24, 2.45) is 0 Å². The van der Waals surface area contributed by atoms with Crippen LogP contribution in [0.2, 0.25) is 0 Å². The first-order valence-electron chi connectivity index (χ1n) is 8.68. The molecule has 0 aromatic heterocycles. The molecule has 0 radical (unpaired) electrons. The normalized spacial score (nSPS) is 33.2. The third-order valence-electron chi connectivity index (χ3n) is 5.06. The summed E-state index contributed by atoms with van der Waals surface area (Å²) >= 11 is 0. The molecular formula is C17H30O5. The summed E-state index contributed by atoms with van der Waals surface area (Å²) in [5.74, 6) is -1.02. The van der Waals surface area contributed by atoms with Gasteiger partial charge < -0.3 is 23.7 Å². The first-order valence-corrected chi connectivity index (χ1v) is 8.68. The minimum absolute atomic E-state index is 0.0778. The van der Waals surface area contributed by atoms with Crippen molar-refractivity contribution in [2.75, 3.05) is 6.61 Å². The molecule has 0 spiro atoms. The molecule has 0 aliphatic carbocycles. The fraction of sp³-hybridized carbons (Fsp3) is 0.941. The van der Waals surface area contributed by atoms with Crippen molar-refractivity contribution in [3.8, 4) is 0 Å². The number of hydrogen-bond donors (Lipinski definition) is 0. The molecule has 3 unspecified atom stereocenters. The molecule has 2 heterocycles. The standard InChI is InChI=1S/C17H30O5/c1-5-16(6-2)19-12-13(20-16)9-10-14-15(11-18)22-17(7-3,8-4)21-14/h11,13-15H,5-10,12H2,1-4H3. The van der Waals surface area contributed by atoms with Crippen molar-refractivity contribution in [3.05, 3.63) is 0 Å². The van der Waals surface area contributed by atoms with Crippen LogP contribution in [0.3, 0.4) is 0 Å². The van der Waals surface area contributed by atoms with Gasteiger partial charge in [0.25, 0.3) is 0 Å². The van der Waals surface area contributed by atoms with Gasteiger partial charge in [0.1, 0.15) is 6.10 Å². The monoisotopic (exact) mass is 314 g/mol. The Morgan fingerprint density at radius 2 is 1.55 bits per heavy atom. The van der Waals surface area contributed by atoms with Gasteiger partial charge in [-0.05, 0) is 38.5 Å². The second-order valence-electron chi connectivity index (χ2n) is 6.24. The van der Waals surface area contributed by atoms with E-state index in [0.29, 0.717) is 6.61 Å². The van der Waals surface area contributed by atoms with E-state index in [-0.39, 0.29) is 12.2 Å². The lowest BCUT2D eigenvalue weighted by Crippen LogP contribution is -2.30. The molecule has 0 saturated carbocycles. The van der Waals surface area contributed by atoms with E-state index < -0.39 is 17.7 Å². The highest BCUT2D eigenvalue weighted by molar-refractivity contribution is 5.57. The molecule has 0 N–H and O–H groups in total. The molecule has 2 saturated heterocycles. The second kappa shape index (κ2) is 7.39. The van der Waals surface area contributed by atoms with Gasteiger partial charge in [-0.2, -0.15) is 0 Å². The maximum Gasteiger partial charge on any atom is 0.169 e. The number of carbonyl (C=O) groups excluding carboxylic acids is 1. The SMILES string of the molecule is CCC1(CC)OCC(CCC2OC(CC)(CC)OC2C=O)O1. The molecule has 2 fully saturated rings. The average Bonchev–Trinajstić information content (AvgIpc) is 3.15. The fourth-order valence-electron chi connectivity index (χ4n) is 3.35. The van der Waals surface area contributed by atoms with E-state index in [4.69, 9.17) is 18.9 Å². The van der Waals surface area contributed by atoms with Crippen molar-refractivity contribution in [2.45, 2.75) is 96.1 Å². The van der Waals surface area contributed by atoms with Gasteiger partial charge in [-0.15, -0.1) is 0 Å². The summed E-state index contributed by atoms with van der Waals surface area (Å²) in [5.41, 5.74) is 0. The summed E-state index contributed by atoms with van der Waals surface area (Å²) in [4.78, 5) is 11.3. The number of hydrogen-bond acceptors (Lipinski definition) is 5. The minimum Gasteiger partial charge on any atom is -0.347 e. The molecule has 2 aliphatic rings. The zero-order valence-corrected chi connectivity index (χ0v) is 14.3. The first-order chi connectivity index (χ1) is 10.6. The highest BCUT2D eigenvalue weighted by atomic mass is 16.8. The lowest BCUT2D eigenvalue weighted by molar-refractivity contribution is -0.182. The lowest BCUT2D eigenvalue weighted by atomic mass is 10.1. The van der Waals surface area contributed by atoms with Crippen molar-refractivity contribution < 1.29 is 23.7 Å². The summed E-state index contributed by atoms with van der Waals surface area (Å²) in [7, 11) is 0. The van der Waals surface area contributed by atoms with Crippen LogP contribution < -0.4 is 0 Å². The highest BCUT2D eigenvalue weighted by Crippen LogP contribution is 2.37. The fourth-order valence-corrected chi connectivity index (χ4v) is 3.35. The Labute approximate surface area is 133 Å². The molecule has 0 bridgehead atoms. The van der Waals surface area contributed by atoms with Gasteiger partial charge in [0.15, 0.2) is 17.9 Å². The van der Waals surface area contributed by atoms with Crippen molar-refractivity contribution >= 4 is 6.29 Å². The molecule has 2 rings (SSSR count). The van der Waals surface area contributed by atoms with Gasteiger partial charge >= 0.3 is 0 Å². The van der Waals surface area contributed by atoms with Crippen LogP contribution in [0.4, 0.5) is 0 Å². The molecular weight excluding hydrogens is 284 g/mol. The quantitative estimate of drug-likeness (QED) is 0.644. The number of ether oxygens (including phenoxy) is 4. The van der Waals surface area contributed by atoms with E-state index in [1.54, 1.807) is 0 Å². The van der Waals surface area contributed by atoms with E-state index in [0.717, 1.165) is 44.8 Å². The van der Waals surface area contributed by atoms with Crippen LogP contribution in [0.5, 0.6) is 0 Å². The molecule has 128 valence electrons. The summed E-state index contributed by atoms with van der Waals surface area (Å²) in [6.45, 7) is 8.84. The maximum atomic E-state index is 11.3. The average molecular weight is 314 g/mol. The smallest absolute Gasteiger partial charge is 0.169 e. The Kier molecular flexibility index (Phi) is 6.00. The number of aldehydes is 1. The Bertz CT molecular complexity index is 362. The van der Waals surface area contributed by atoms with E-state index in [1.807, 2.05) is 13.8 Å². The van der Waals surface area contributed by atoms with E-state index in [9.17, 15) is 4.79 Å². The van der Waals surface area contributed by atoms with Gasteiger partial charge in [0, 0.05) is 0 Å². The Morgan fingerprint density at radius 1 is 0.909 bits per heavy atom. The molecule has 0 aromatic carbocycles. The largest absolute Gasteiger partial charge is 0.347 e. The van der Waals surface area contributed by atoms with Gasteiger partial charge in [0.2, 0.25) is 0 Å². The molecule has 5 heteroatoms. The highest BCUT2D eigenvalue weighted by Gasteiger charge is 2.46. The van der Waals surface area contributed by atoms with Gasteiger partial charge in [-0.25, -0.2) is 0 Å². The minimum atomic E-state index is -0.597. The van der Waals surface area contributed by atoms with Crippen LogP contribution in [0.25, 0.3) is 0 Å². The third-order valence-corrected chi connectivity index (χ3v) is 5.06. The van der Waals surface area contributed by atoms with Crippen molar-refractivity contribution in [1.29, 1.82) is 0 Å². The predicted octanol–water partition coefficient (Wildman–Crippen LogP) is 3.20. The zero-order valence-electron chi connectivity index (χ0n) is 14.3.